The minimum atomic E-state index is -0.0884. The highest BCUT2D eigenvalue weighted by atomic mass is 32.2. The molecule has 0 fully saturated rings. The van der Waals surface area contributed by atoms with E-state index in [1.165, 1.54) is 17.3 Å². The summed E-state index contributed by atoms with van der Waals surface area (Å²) in [5, 5.41) is 12.4. The molecule has 2 aromatic carbocycles. The Balaban J connectivity index is 1.55. The van der Waals surface area contributed by atoms with Gasteiger partial charge in [0.15, 0.2) is 11.0 Å². The lowest BCUT2D eigenvalue weighted by Gasteiger charge is -2.13. The van der Waals surface area contributed by atoms with Crippen LogP contribution in [0.2, 0.25) is 0 Å². The number of benzene rings is 2. The molecule has 2 heterocycles. The van der Waals surface area contributed by atoms with Gasteiger partial charge >= 0.3 is 0 Å². The molecule has 0 saturated heterocycles. The monoisotopic (exact) mass is 443 g/mol. The quantitative estimate of drug-likeness (QED) is 0.382. The van der Waals surface area contributed by atoms with Gasteiger partial charge in [-0.05, 0) is 54.3 Å². The van der Waals surface area contributed by atoms with E-state index >= 15 is 0 Å². The Labute approximate surface area is 192 Å². The molecular formula is C25H25N5OS. The van der Waals surface area contributed by atoms with Gasteiger partial charge in [0.1, 0.15) is 0 Å². The van der Waals surface area contributed by atoms with Gasteiger partial charge in [-0.1, -0.05) is 55.9 Å². The number of aryl methyl sites for hydroxylation is 1. The number of nitrogens with one attached hydrogen (secondary N) is 1. The van der Waals surface area contributed by atoms with Gasteiger partial charge in [0.25, 0.3) is 0 Å². The smallest absolute Gasteiger partial charge is 0.234 e. The summed E-state index contributed by atoms with van der Waals surface area (Å²) in [5.41, 5.74) is 4.96. The molecule has 0 saturated carbocycles. The minimum absolute atomic E-state index is 0.0884. The largest absolute Gasteiger partial charge is 0.325 e. The summed E-state index contributed by atoms with van der Waals surface area (Å²) in [6.07, 6.45) is 3.49. The summed E-state index contributed by atoms with van der Waals surface area (Å²) in [7, 11) is 0. The number of hydrogen-bond acceptors (Lipinski definition) is 5. The van der Waals surface area contributed by atoms with Gasteiger partial charge in [0.05, 0.1) is 11.4 Å². The van der Waals surface area contributed by atoms with Crippen molar-refractivity contribution in [2.24, 2.45) is 0 Å². The molecule has 0 unspecified atom stereocenters. The van der Waals surface area contributed by atoms with E-state index < -0.39 is 0 Å². The zero-order chi connectivity index (χ0) is 22.5. The van der Waals surface area contributed by atoms with E-state index in [4.69, 9.17) is 0 Å². The number of thioether (sulfide) groups is 1. The van der Waals surface area contributed by atoms with Gasteiger partial charge in [0.2, 0.25) is 5.91 Å². The fourth-order valence-electron chi connectivity index (χ4n) is 3.36. The maximum atomic E-state index is 12.6. The normalized spacial score (nSPS) is 11.0. The van der Waals surface area contributed by atoms with Gasteiger partial charge in [0, 0.05) is 23.6 Å². The number of hydrogen-bond donors (Lipinski definition) is 1. The van der Waals surface area contributed by atoms with Crippen molar-refractivity contribution in [2.75, 3.05) is 11.1 Å². The van der Waals surface area contributed by atoms with E-state index in [0.29, 0.717) is 16.9 Å². The molecule has 4 aromatic rings. The average molecular weight is 444 g/mol. The van der Waals surface area contributed by atoms with E-state index in [1.54, 1.807) is 12.4 Å². The summed E-state index contributed by atoms with van der Waals surface area (Å²) in [6.45, 7) is 6.34. The minimum Gasteiger partial charge on any atom is -0.325 e. The molecule has 1 amide bonds. The Hall–Kier alpha value is -3.45. The first kappa shape index (κ1) is 21.8. The fraction of sp³-hybridized carbons (Fsp3) is 0.200. The molecule has 0 aliphatic rings. The van der Waals surface area contributed by atoms with Gasteiger partial charge in [-0.15, -0.1) is 10.2 Å². The Bertz CT molecular complexity index is 1200. The Morgan fingerprint density at radius 1 is 1.03 bits per heavy atom. The number of para-hydroxylation sites is 1. The van der Waals surface area contributed by atoms with Crippen molar-refractivity contribution in [3.8, 4) is 17.1 Å². The highest BCUT2D eigenvalue weighted by molar-refractivity contribution is 7.99. The highest BCUT2D eigenvalue weighted by Gasteiger charge is 2.18. The number of carbonyl (C=O) groups excluding carboxylic acids is 1. The van der Waals surface area contributed by atoms with Crippen molar-refractivity contribution in [1.82, 2.24) is 19.7 Å². The Kier molecular flexibility index (Phi) is 6.66. The highest BCUT2D eigenvalue weighted by Crippen LogP contribution is 2.29. The molecule has 0 aliphatic heterocycles. The number of aromatic nitrogens is 4. The summed E-state index contributed by atoms with van der Waals surface area (Å²) in [6, 6.07) is 19.8. The van der Waals surface area contributed by atoms with Crippen molar-refractivity contribution in [3.05, 3.63) is 84.2 Å². The van der Waals surface area contributed by atoms with E-state index in [2.05, 4.69) is 34.3 Å². The second-order valence-electron chi connectivity index (χ2n) is 7.78. The van der Waals surface area contributed by atoms with Gasteiger partial charge < -0.3 is 5.32 Å². The van der Waals surface area contributed by atoms with Gasteiger partial charge in [-0.25, -0.2) is 0 Å². The summed E-state index contributed by atoms with van der Waals surface area (Å²) < 4.78 is 1.99. The third kappa shape index (κ3) is 4.89. The topological polar surface area (TPSA) is 72.7 Å². The summed E-state index contributed by atoms with van der Waals surface area (Å²) in [4.78, 5) is 16.8. The average Bonchev–Trinajstić information content (AvgIpc) is 3.23. The molecule has 0 spiro atoms. The number of amides is 1. The van der Waals surface area contributed by atoms with Gasteiger partial charge in [-0.2, -0.15) is 0 Å². The summed E-state index contributed by atoms with van der Waals surface area (Å²) in [5.74, 6) is 1.29. The lowest BCUT2D eigenvalue weighted by Crippen LogP contribution is -2.14. The molecular weight excluding hydrogens is 418 g/mol. The molecule has 2 aromatic heterocycles. The molecule has 0 bridgehead atoms. The maximum absolute atomic E-state index is 12.6. The predicted octanol–water partition coefficient (Wildman–Crippen LogP) is 5.49. The first-order valence-corrected chi connectivity index (χ1v) is 11.5. The zero-order valence-corrected chi connectivity index (χ0v) is 19.1. The van der Waals surface area contributed by atoms with Crippen LogP contribution >= 0.6 is 11.8 Å². The number of carbonyl (C=O) groups is 1. The summed E-state index contributed by atoms with van der Waals surface area (Å²) >= 11 is 1.36. The Morgan fingerprint density at radius 2 is 1.81 bits per heavy atom. The number of nitrogens with zero attached hydrogens (tertiary/aromatic N) is 4. The molecule has 1 N–H and O–H groups in total. The van der Waals surface area contributed by atoms with Crippen LogP contribution in [0, 0.1) is 6.92 Å². The third-order valence-corrected chi connectivity index (χ3v) is 6.03. The van der Waals surface area contributed by atoms with Crippen molar-refractivity contribution < 1.29 is 4.79 Å². The van der Waals surface area contributed by atoms with E-state index in [0.717, 1.165) is 22.5 Å². The number of pyridine rings is 1. The molecule has 32 heavy (non-hydrogen) atoms. The van der Waals surface area contributed by atoms with Crippen LogP contribution in [0.1, 0.15) is 30.9 Å². The van der Waals surface area contributed by atoms with Crippen molar-refractivity contribution in [3.63, 3.8) is 0 Å². The maximum Gasteiger partial charge on any atom is 0.234 e. The van der Waals surface area contributed by atoms with E-state index in [-0.39, 0.29) is 11.7 Å². The first-order chi connectivity index (χ1) is 15.5. The second kappa shape index (κ2) is 9.78. The predicted molar refractivity (Wildman–Crippen MR) is 129 cm³/mol. The second-order valence-corrected chi connectivity index (χ2v) is 8.73. The zero-order valence-electron chi connectivity index (χ0n) is 18.3. The molecule has 0 radical (unpaired) electrons. The van der Waals surface area contributed by atoms with Crippen LogP contribution in [0.5, 0.6) is 0 Å². The third-order valence-electron chi connectivity index (χ3n) is 5.10. The van der Waals surface area contributed by atoms with E-state index in [9.17, 15) is 4.79 Å². The van der Waals surface area contributed by atoms with Crippen molar-refractivity contribution in [2.45, 2.75) is 31.8 Å². The number of anilines is 1. The number of rotatable bonds is 7. The van der Waals surface area contributed by atoms with Crippen LogP contribution in [0.3, 0.4) is 0 Å². The van der Waals surface area contributed by atoms with Crippen molar-refractivity contribution >= 4 is 23.4 Å². The van der Waals surface area contributed by atoms with E-state index in [1.807, 2.05) is 72.2 Å². The molecule has 4 rings (SSSR count). The van der Waals surface area contributed by atoms with Crippen LogP contribution < -0.4 is 5.32 Å². The van der Waals surface area contributed by atoms with Crippen LogP contribution in [0.4, 0.5) is 5.69 Å². The van der Waals surface area contributed by atoms with Crippen LogP contribution in [-0.2, 0) is 4.79 Å². The lowest BCUT2D eigenvalue weighted by atomic mass is 10.0. The van der Waals surface area contributed by atoms with Crippen molar-refractivity contribution in [1.29, 1.82) is 0 Å². The SMILES string of the molecule is Cc1ccccc1-n1c(SCC(=O)Nc2ccc(C(C)C)cc2)nnc1-c1cccnc1. The van der Waals surface area contributed by atoms with Crippen LogP contribution in [0.15, 0.2) is 78.2 Å². The molecule has 6 nitrogen and oxygen atoms in total. The molecule has 7 heteroatoms. The van der Waals surface area contributed by atoms with Crippen LogP contribution in [-0.4, -0.2) is 31.4 Å². The van der Waals surface area contributed by atoms with Crippen LogP contribution in [0.25, 0.3) is 17.1 Å². The molecule has 0 atom stereocenters. The molecule has 162 valence electrons. The lowest BCUT2D eigenvalue weighted by molar-refractivity contribution is -0.113. The van der Waals surface area contributed by atoms with Gasteiger partial charge in [-0.3, -0.25) is 14.3 Å². The first-order valence-electron chi connectivity index (χ1n) is 10.5. The fourth-order valence-corrected chi connectivity index (χ4v) is 4.10. The molecule has 0 aliphatic carbocycles. The standard InChI is InChI=1S/C25H25N5OS/c1-17(2)19-10-12-21(13-11-19)27-23(31)16-32-25-29-28-24(20-8-6-14-26-15-20)30(25)22-9-5-4-7-18(22)3/h4-15,17H,16H2,1-3H3,(H,27,31). The Morgan fingerprint density at radius 3 is 2.50 bits per heavy atom.